The zero-order valence-electron chi connectivity index (χ0n) is 9.53. The van der Waals surface area contributed by atoms with Crippen molar-refractivity contribution in [3.63, 3.8) is 0 Å². The first kappa shape index (κ1) is 11.8. The van der Waals surface area contributed by atoms with Crippen LogP contribution in [-0.2, 0) is 0 Å². The predicted octanol–water partition coefficient (Wildman–Crippen LogP) is 3.08. The van der Waals surface area contributed by atoms with Crippen molar-refractivity contribution in [1.82, 2.24) is 0 Å². The van der Waals surface area contributed by atoms with E-state index in [0.29, 0.717) is 6.61 Å². The molecule has 2 nitrogen and oxygen atoms in total. The van der Waals surface area contributed by atoms with E-state index in [1.165, 1.54) is 5.57 Å². The molecule has 2 heteroatoms. The number of allylic oxidation sites excluding steroid dienone is 1. The highest BCUT2D eigenvalue weighted by atomic mass is 16.5. The first-order valence-electron chi connectivity index (χ1n) is 5.14. The molecule has 0 heterocycles. The van der Waals surface area contributed by atoms with E-state index >= 15 is 0 Å². The lowest BCUT2D eigenvalue weighted by molar-refractivity contribution is 0.193. The van der Waals surface area contributed by atoms with Gasteiger partial charge in [-0.2, -0.15) is 0 Å². The number of benzene rings is 1. The fourth-order valence-corrected chi connectivity index (χ4v) is 1.26. The summed E-state index contributed by atoms with van der Waals surface area (Å²) in [4.78, 5) is 0. The van der Waals surface area contributed by atoms with Crippen LogP contribution in [-0.4, -0.2) is 11.7 Å². The van der Waals surface area contributed by atoms with E-state index in [1.807, 2.05) is 44.2 Å². The molecule has 15 heavy (non-hydrogen) atoms. The Hall–Kier alpha value is -1.28. The number of rotatable bonds is 4. The molecule has 0 saturated heterocycles. The summed E-state index contributed by atoms with van der Waals surface area (Å²) in [6, 6.07) is 7.56. The minimum atomic E-state index is -0.493. The van der Waals surface area contributed by atoms with Crippen molar-refractivity contribution in [2.45, 2.75) is 26.9 Å². The smallest absolute Gasteiger partial charge is 0.125 e. The Morgan fingerprint density at radius 2 is 2.07 bits per heavy atom. The van der Waals surface area contributed by atoms with Gasteiger partial charge in [-0.3, -0.25) is 0 Å². The van der Waals surface area contributed by atoms with Crippen molar-refractivity contribution in [3.05, 3.63) is 41.5 Å². The number of aliphatic hydroxyl groups excluding tert-OH is 1. The van der Waals surface area contributed by atoms with Gasteiger partial charge in [-0.15, -0.1) is 0 Å². The lowest BCUT2D eigenvalue weighted by Crippen LogP contribution is -2.00. The van der Waals surface area contributed by atoms with Gasteiger partial charge in [0.15, 0.2) is 0 Å². The lowest BCUT2D eigenvalue weighted by atomic mass is 10.1. The molecule has 1 atom stereocenters. The number of para-hydroxylation sites is 1. The van der Waals surface area contributed by atoms with Crippen molar-refractivity contribution >= 4 is 0 Å². The summed E-state index contributed by atoms with van der Waals surface area (Å²) in [5.41, 5.74) is 2.06. The van der Waals surface area contributed by atoms with Crippen LogP contribution in [0.5, 0.6) is 5.75 Å². The highest BCUT2D eigenvalue weighted by Gasteiger charge is 2.06. The standard InChI is InChI=1S/C13H18O2/c1-10(2)8-9-15-13-7-5-4-6-12(13)11(3)14/h4-8,11,14H,9H2,1-3H3/t11-/m0/s1. The Morgan fingerprint density at radius 3 is 2.67 bits per heavy atom. The third-order valence-electron chi connectivity index (χ3n) is 2.10. The van der Waals surface area contributed by atoms with E-state index in [2.05, 4.69) is 0 Å². The van der Waals surface area contributed by atoms with Crippen LogP contribution in [0.4, 0.5) is 0 Å². The molecule has 1 N–H and O–H groups in total. The Labute approximate surface area is 91.2 Å². The van der Waals surface area contributed by atoms with Gasteiger partial charge in [-0.25, -0.2) is 0 Å². The second-order valence-corrected chi connectivity index (χ2v) is 3.81. The van der Waals surface area contributed by atoms with E-state index < -0.39 is 6.10 Å². The molecule has 0 aliphatic heterocycles. The first-order valence-corrected chi connectivity index (χ1v) is 5.14. The number of ether oxygens (including phenoxy) is 1. The maximum atomic E-state index is 9.52. The molecular formula is C13H18O2. The van der Waals surface area contributed by atoms with Crippen LogP contribution in [0.3, 0.4) is 0 Å². The molecule has 0 aromatic heterocycles. The molecule has 0 unspecified atom stereocenters. The highest BCUT2D eigenvalue weighted by molar-refractivity contribution is 5.34. The number of aliphatic hydroxyl groups is 1. The fraction of sp³-hybridized carbons (Fsp3) is 0.385. The molecule has 0 spiro atoms. The van der Waals surface area contributed by atoms with E-state index in [0.717, 1.165) is 11.3 Å². The zero-order chi connectivity index (χ0) is 11.3. The van der Waals surface area contributed by atoms with Crippen LogP contribution in [0.25, 0.3) is 0 Å². The van der Waals surface area contributed by atoms with Gasteiger partial charge < -0.3 is 9.84 Å². The second kappa shape index (κ2) is 5.56. The number of hydrogen-bond donors (Lipinski definition) is 1. The zero-order valence-corrected chi connectivity index (χ0v) is 9.53. The Kier molecular flexibility index (Phi) is 4.37. The Balaban J connectivity index is 2.72. The third-order valence-corrected chi connectivity index (χ3v) is 2.10. The summed E-state index contributed by atoms with van der Waals surface area (Å²) in [6.45, 7) is 6.35. The lowest BCUT2D eigenvalue weighted by Gasteiger charge is -2.11. The summed E-state index contributed by atoms with van der Waals surface area (Å²) in [5.74, 6) is 0.755. The van der Waals surface area contributed by atoms with E-state index in [9.17, 15) is 5.11 Å². The van der Waals surface area contributed by atoms with Gasteiger partial charge in [0.1, 0.15) is 12.4 Å². The predicted molar refractivity (Wildman–Crippen MR) is 62.0 cm³/mol. The number of hydrogen-bond acceptors (Lipinski definition) is 2. The molecule has 1 rings (SSSR count). The Bertz CT molecular complexity index is 336. The molecule has 82 valence electrons. The summed E-state index contributed by atoms with van der Waals surface area (Å²) in [7, 11) is 0. The van der Waals surface area contributed by atoms with Crippen molar-refractivity contribution < 1.29 is 9.84 Å². The molecule has 0 aliphatic rings. The molecule has 0 fully saturated rings. The molecular weight excluding hydrogens is 188 g/mol. The molecule has 0 bridgehead atoms. The fourth-order valence-electron chi connectivity index (χ4n) is 1.26. The van der Waals surface area contributed by atoms with Crippen LogP contribution in [0.2, 0.25) is 0 Å². The van der Waals surface area contributed by atoms with Crippen LogP contribution >= 0.6 is 0 Å². The second-order valence-electron chi connectivity index (χ2n) is 3.81. The minimum Gasteiger partial charge on any atom is -0.489 e. The highest BCUT2D eigenvalue weighted by Crippen LogP contribution is 2.24. The summed E-state index contributed by atoms with van der Waals surface area (Å²) < 4.78 is 5.57. The van der Waals surface area contributed by atoms with Gasteiger partial charge in [-0.05, 0) is 32.9 Å². The third kappa shape index (κ3) is 3.76. The summed E-state index contributed by atoms with van der Waals surface area (Å²) >= 11 is 0. The monoisotopic (exact) mass is 206 g/mol. The van der Waals surface area contributed by atoms with Crippen LogP contribution < -0.4 is 4.74 Å². The average Bonchev–Trinajstić information content (AvgIpc) is 2.17. The molecule has 0 amide bonds. The van der Waals surface area contributed by atoms with Gasteiger partial charge in [0.05, 0.1) is 6.10 Å². The van der Waals surface area contributed by atoms with Crippen molar-refractivity contribution in [1.29, 1.82) is 0 Å². The topological polar surface area (TPSA) is 29.5 Å². The van der Waals surface area contributed by atoms with Gasteiger partial charge in [0, 0.05) is 5.56 Å². The van der Waals surface area contributed by atoms with Gasteiger partial charge in [0.25, 0.3) is 0 Å². The van der Waals surface area contributed by atoms with Gasteiger partial charge >= 0.3 is 0 Å². The largest absolute Gasteiger partial charge is 0.489 e. The van der Waals surface area contributed by atoms with Crippen molar-refractivity contribution in [2.24, 2.45) is 0 Å². The van der Waals surface area contributed by atoms with Gasteiger partial charge in [-0.1, -0.05) is 23.8 Å². The van der Waals surface area contributed by atoms with Crippen LogP contribution in [0.1, 0.15) is 32.4 Å². The van der Waals surface area contributed by atoms with Crippen LogP contribution in [0, 0.1) is 0 Å². The minimum absolute atomic E-state index is 0.493. The maximum absolute atomic E-state index is 9.52. The summed E-state index contributed by atoms with van der Waals surface area (Å²) in [6.07, 6.45) is 1.52. The van der Waals surface area contributed by atoms with Crippen molar-refractivity contribution in [3.8, 4) is 5.75 Å². The molecule has 1 aromatic rings. The maximum Gasteiger partial charge on any atom is 0.125 e. The SMILES string of the molecule is CC(C)=CCOc1ccccc1[C@H](C)O. The normalized spacial score (nSPS) is 12.0. The van der Waals surface area contributed by atoms with Crippen LogP contribution in [0.15, 0.2) is 35.9 Å². The van der Waals surface area contributed by atoms with Crippen molar-refractivity contribution in [2.75, 3.05) is 6.61 Å². The first-order chi connectivity index (χ1) is 7.11. The molecule has 0 aliphatic carbocycles. The quantitative estimate of drug-likeness (QED) is 0.767. The van der Waals surface area contributed by atoms with E-state index in [1.54, 1.807) is 6.92 Å². The molecule has 0 saturated carbocycles. The summed E-state index contributed by atoms with van der Waals surface area (Å²) in [5, 5.41) is 9.52. The van der Waals surface area contributed by atoms with E-state index in [-0.39, 0.29) is 0 Å². The molecule has 0 radical (unpaired) electrons. The molecule has 1 aromatic carbocycles. The van der Waals surface area contributed by atoms with Gasteiger partial charge in [0.2, 0.25) is 0 Å². The average molecular weight is 206 g/mol. The Morgan fingerprint density at radius 1 is 1.40 bits per heavy atom. The van der Waals surface area contributed by atoms with E-state index in [4.69, 9.17) is 4.74 Å².